The first-order valence-corrected chi connectivity index (χ1v) is 9.36. The van der Waals surface area contributed by atoms with Crippen LogP contribution >= 0.6 is 0 Å². The number of benzene rings is 2. The molecular formula is C22H27N3O4. The number of carbonyl (C=O) groups excluding carboxylic acids is 3. The largest absolute Gasteiger partial charge is 0.465 e. The van der Waals surface area contributed by atoms with E-state index in [4.69, 9.17) is 0 Å². The molecule has 0 heterocycles. The van der Waals surface area contributed by atoms with Crippen molar-refractivity contribution in [1.29, 1.82) is 0 Å². The Labute approximate surface area is 171 Å². The molecule has 154 valence electrons. The van der Waals surface area contributed by atoms with Crippen molar-refractivity contribution in [2.45, 2.75) is 33.0 Å². The second-order valence-electron chi connectivity index (χ2n) is 7.03. The quantitative estimate of drug-likeness (QED) is 0.703. The molecule has 3 amide bonds. The van der Waals surface area contributed by atoms with E-state index in [2.05, 4.69) is 15.4 Å². The Morgan fingerprint density at radius 1 is 0.931 bits per heavy atom. The lowest BCUT2D eigenvalue weighted by Crippen LogP contribution is -2.39. The molecule has 2 aromatic carbocycles. The molecule has 0 aromatic heterocycles. The van der Waals surface area contributed by atoms with E-state index in [-0.39, 0.29) is 18.0 Å². The predicted octanol–water partition coefficient (Wildman–Crippen LogP) is 2.95. The molecule has 7 heteroatoms. The van der Waals surface area contributed by atoms with Crippen molar-refractivity contribution >= 4 is 17.9 Å². The van der Waals surface area contributed by atoms with Gasteiger partial charge >= 0.3 is 12.0 Å². The summed E-state index contributed by atoms with van der Waals surface area (Å²) in [7, 11) is 3.06. The molecule has 0 radical (unpaired) electrons. The number of urea groups is 1. The number of methoxy groups -OCH3 is 1. The second-order valence-corrected chi connectivity index (χ2v) is 7.03. The van der Waals surface area contributed by atoms with Crippen LogP contribution in [-0.4, -0.2) is 43.0 Å². The van der Waals surface area contributed by atoms with Crippen molar-refractivity contribution in [3.05, 3.63) is 70.8 Å². The molecule has 0 saturated carbocycles. The monoisotopic (exact) mass is 397 g/mol. The number of hydrogen-bond acceptors (Lipinski definition) is 4. The number of hydrogen-bond donors (Lipinski definition) is 2. The van der Waals surface area contributed by atoms with Crippen LogP contribution in [0, 0.1) is 0 Å². The molecule has 0 fully saturated rings. The molecule has 2 rings (SSSR count). The lowest BCUT2D eigenvalue weighted by Gasteiger charge is -2.18. The number of esters is 1. The first kappa shape index (κ1) is 21.9. The molecule has 0 saturated heterocycles. The second kappa shape index (κ2) is 10.3. The number of nitrogens with zero attached hydrogens (tertiary/aromatic N) is 1. The highest BCUT2D eigenvalue weighted by Crippen LogP contribution is 2.12. The molecule has 2 aromatic rings. The number of rotatable bonds is 7. The van der Waals surface area contributed by atoms with Crippen LogP contribution in [-0.2, 0) is 17.8 Å². The topological polar surface area (TPSA) is 87.7 Å². The maximum absolute atomic E-state index is 12.6. The lowest BCUT2D eigenvalue weighted by atomic mass is 10.1. The van der Waals surface area contributed by atoms with Gasteiger partial charge in [-0.2, -0.15) is 0 Å². The standard InChI is InChI=1S/C22H27N3O4/c1-15(2)24-22(28)23-13-16-5-9-18(10-6-16)20(26)25(3)14-17-7-11-19(12-8-17)21(27)29-4/h5-12,15H,13-14H2,1-4H3,(H2,23,24,28). The molecule has 0 spiro atoms. The summed E-state index contributed by atoms with van der Waals surface area (Å²) in [5.74, 6) is -0.503. The van der Waals surface area contributed by atoms with Crippen LogP contribution in [0.1, 0.15) is 45.7 Å². The zero-order valence-electron chi connectivity index (χ0n) is 17.2. The van der Waals surface area contributed by atoms with E-state index in [1.807, 2.05) is 26.0 Å². The van der Waals surface area contributed by atoms with Gasteiger partial charge < -0.3 is 20.3 Å². The fraction of sp³-hybridized carbons (Fsp3) is 0.318. The lowest BCUT2D eigenvalue weighted by molar-refractivity contribution is 0.0600. The summed E-state index contributed by atoms with van der Waals surface area (Å²) in [6.07, 6.45) is 0. The van der Waals surface area contributed by atoms with Gasteiger partial charge in [-0.15, -0.1) is 0 Å². The minimum atomic E-state index is -0.391. The van der Waals surface area contributed by atoms with Gasteiger partial charge in [0.15, 0.2) is 0 Å². The van der Waals surface area contributed by atoms with E-state index in [0.29, 0.717) is 24.2 Å². The summed E-state index contributed by atoms with van der Waals surface area (Å²) < 4.78 is 4.68. The zero-order valence-corrected chi connectivity index (χ0v) is 17.2. The molecule has 29 heavy (non-hydrogen) atoms. The van der Waals surface area contributed by atoms with Crippen LogP contribution in [0.5, 0.6) is 0 Å². The molecular weight excluding hydrogens is 370 g/mol. The van der Waals surface area contributed by atoms with Crippen LogP contribution < -0.4 is 10.6 Å². The van der Waals surface area contributed by atoms with Crippen LogP contribution in [0.25, 0.3) is 0 Å². The third-order valence-corrected chi connectivity index (χ3v) is 4.22. The van der Waals surface area contributed by atoms with E-state index in [1.165, 1.54) is 7.11 Å². The van der Waals surface area contributed by atoms with Crippen molar-refractivity contribution in [2.75, 3.05) is 14.2 Å². The molecule has 0 aliphatic rings. The van der Waals surface area contributed by atoms with E-state index in [0.717, 1.165) is 11.1 Å². The highest BCUT2D eigenvalue weighted by Gasteiger charge is 2.13. The van der Waals surface area contributed by atoms with Gasteiger partial charge in [0.1, 0.15) is 0 Å². The van der Waals surface area contributed by atoms with Crippen molar-refractivity contribution in [2.24, 2.45) is 0 Å². The van der Waals surface area contributed by atoms with Gasteiger partial charge in [-0.25, -0.2) is 9.59 Å². The Morgan fingerprint density at radius 2 is 1.48 bits per heavy atom. The molecule has 7 nitrogen and oxygen atoms in total. The Balaban J connectivity index is 1.92. The zero-order chi connectivity index (χ0) is 21.4. The smallest absolute Gasteiger partial charge is 0.337 e. The van der Waals surface area contributed by atoms with Crippen LogP contribution in [0.2, 0.25) is 0 Å². The maximum atomic E-state index is 12.6. The van der Waals surface area contributed by atoms with E-state index < -0.39 is 5.97 Å². The van der Waals surface area contributed by atoms with Gasteiger partial charge in [0, 0.05) is 31.7 Å². The molecule has 2 N–H and O–H groups in total. The summed E-state index contributed by atoms with van der Waals surface area (Å²) in [4.78, 5) is 37.4. The Kier molecular flexibility index (Phi) is 7.77. The SMILES string of the molecule is COC(=O)c1ccc(CN(C)C(=O)c2ccc(CNC(=O)NC(C)C)cc2)cc1. The summed E-state index contributed by atoms with van der Waals surface area (Å²) in [5.41, 5.74) is 2.84. The van der Waals surface area contributed by atoms with Gasteiger partial charge in [-0.05, 0) is 49.2 Å². The first-order chi connectivity index (χ1) is 13.8. The molecule has 0 atom stereocenters. The molecule has 0 bridgehead atoms. The third-order valence-electron chi connectivity index (χ3n) is 4.22. The van der Waals surface area contributed by atoms with Gasteiger partial charge in [0.25, 0.3) is 5.91 Å². The van der Waals surface area contributed by atoms with Crippen molar-refractivity contribution < 1.29 is 19.1 Å². The van der Waals surface area contributed by atoms with Gasteiger partial charge in [-0.3, -0.25) is 4.79 Å². The number of carbonyl (C=O) groups is 3. The summed E-state index contributed by atoms with van der Waals surface area (Å²) >= 11 is 0. The Bertz CT molecular complexity index is 845. The first-order valence-electron chi connectivity index (χ1n) is 9.36. The number of ether oxygens (including phenoxy) is 1. The number of amides is 3. The Morgan fingerprint density at radius 3 is 2.03 bits per heavy atom. The maximum Gasteiger partial charge on any atom is 0.337 e. The highest BCUT2D eigenvalue weighted by atomic mass is 16.5. The van der Waals surface area contributed by atoms with Crippen LogP contribution in [0.3, 0.4) is 0 Å². The normalized spacial score (nSPS) is 10.4. The molecule has 0 unspecified atom stereocenters. The van der Waals surface area contributed by atoms with Gasteiger partial charge in [0.05, 0.1) is 12.7 Å². The summed E-state index contributed by atoms with van der Waals surface area (Å²) in [5, 5.41) is 5.53. The predicted molar refractivity (Wildman–Crippen MR) is 111 cm³/mol. The fourth-order valence-electron chi connectivity index (χ4n) is 2.69. The third kappa shape index (κ3) is 6.64. The van der Waals surface area contributed by atoms with E-state index >= 15 is 0 Å². The fourth-order valence-corrected chi connectivity index (χ4v) is 2.69. The van der Waals surface area contributed by atoms with Gasteiger partial charge in [-0.1, -0.05) is 24.3 Å². The molecule has 0 aliphatic carbocycles. The Hall–Kier alpha value is -3.35. The van der Waals surface area contributed by atoms with Crippen molar-refractivity contribution in [3.8, 4) is 0 Å². The number of nitrogens with one attached hydrogen (secondary N) is 2. The average Bonchev–Trinajstić information content (AvgIpc) is 2.71. The van der Waals surface area contributed by atoms with Crippen LogP contribution in [0.4, 0.5) is 4.79 Å². The molecule has 0 aliphatic heterocycles. The average molecular weight is 397 g/mol. The van der Waals surface area contributed by atoms with E-state index in [9.17, 15) is 14.4 Å². The minimum Gasteiger partial charge on any atom is -0.465 e. The van der Waals surface area contributed by atoms with E-state index in [1.54, 1.807) is 48.3 Å². The summed E-state index contributed by atoms with van der Waals surface area (Å²) in [6.45, 7) is 4.59. The van der Waals surface area contributed by atoms with Crippen molar-refractivity contribution in [1.82, 2.24) is 15.5 Å². The van der Waals surface area contributed by atoms with Crippen LogP contribution in [0.15, 0.2) is 48.5 Å². The van der Waals surface area contributed by atoms with Gasteiger partial charge in [0.2, 0.25) is 0 Å². The minimum absolute atomic E-state index is 0.0715. The van der Waals surface area contributed by atoms with Crippen molar-refractivity contribution in [3.63, 3.8) is 0 Å². The summed E-state index contributed by atoms with van der Waals surface area (Å²) in [6, 6.07) is 13.9. The highest BCUT2D eigenvalue weighted by molar-refractivity contribution is 5.94.